The fraction of sp³-hybridized carbons (Fsp3) is 0.818. The monoisotopic (exact) mass is 279 g/mol. The van der Waals surface area contributed by atoms with Crippen LogP contribution in [-0.4, -0.2) is 65.6 Å². The van der Waals surface area contributed by atoms with E-state index in [1.54, 1.807) is 6.92 Å². The molecule has 0 bridgehead atoms. The topological polar surface area (TPSA) is 145 Å². The fourth-order valence-electron chi connectivity index (χ4n) is 0.778. The molecule has 114 valence electrons. The lowest BCUT2D eigenvalue weighted by Crippen LogP contribution is -2.39. The lowest BCUT2D eigenvalue weighted by atomic mass is 10.2. The van der Waals surface area contributed by atoms with Crippen molar-refractivity contribution in [2.24, 2.45) is 5.73 Å². The number of aliphatic hydroxyl groups excluding tert-OH is 1. The zero-order valence-electron chi connectivity index (χ0n) is 11.4. The molecule has 0 amide bonds. The van der Waals surface area contributed by atoms with Gasteiger partial charge < -0.3 is 31.7 Å². The number of aliphatic carboxylic acids is 2. The van der Waals surface area contributed by atoms with E-state index in [9.17, 15) is 9.59 Å². The second-order valence-corrected chi connectivity index (χ2v) is 3.87. The molecule has 1 aliphatic rings. The minimum atomic E-state index is -1.23. The molecule has 0 radical (unpaired) electrons. The molecule has 8 heteroatoms. The first-order valence-electron chi connectivity index (χ1n) is 6.13. The van der Waals surface area contributed by atoms with Crippen LogP contribution in [0.3, 0.4) is 0 Å². The van der Waals surface area contributed by atoms with Gasteiger partial charge in [0.2, 0.25) is 0 Å². The highest BCUT2D eigenvalue weighted by molar-refractivity contribution is 5.72. The van der Waals surface area contributed by atoms with Crippen LogP contribution >= 0.6 is 0 Å². The molecule has 1 fully saturated rings. The van der Waals surface area contributed by atoms with Crippen molar-refractivity contribution in [3.8, 4) is 0 Å². The van der Waals surface area contributed by atoms with Crippen LogP contribution in [0.4, 0.5) is 0 Å². The zero-order valence-corrected chi connectivity index (χ0v) is 11.4. The number of aliphatic hydroxyl groups is 1. The van der Waals surface area contributed by atoms with Crippen LogP contribution in [0.1, 0.15) is 20.3 Å². The summed E-state index contributed by atoms with van der Waals surface area (Å²) < 4.78 is 0. The van der Waals surface area contributed by atoms with E-state index in [1.807, 2.05) is 0 Å². The van der Waals surface area contributed by atoms with Gasteiger partial charge in [0.1, 0.15) is 12.1 Å². The predicted octanol–water partition coefficient (Wildman–Crippen LogP) is -1.56. The van der Waals surface area contributed by atoms with Gasteiger partial charge in [-0.05, 0) is 13.3 Å². The molecule has 0 saturated carbocycles. The number of rotatable bonds is 3. The maximum absolute atomic E-state index is 9.81. The number of carboxylic acid groups (broad SMARTS) is 2. The summed E-state index contributed by atoms with van der Waals surface area (Å²) in [5.41, 5.74) is 5.02. The van der Waals surface area contributed by atoms with Gasteiger partial charge in [-0.25, -0.2) is 4.79 Å². The van der Waals surface area contributed by atoms with Gasteiger partial charge in [0.15, 0.2) is 0 Å². The van der Waals surface area contributed by atoms with Gasteiger partial charge in [-0.2, -0.15) is 0 Å². The molecule has 1 aliphatic heterocycles. The maximum Gasteiger partial charge on any atom is 0.332 e. The Balaban J connectivity index is 0. The Hall–Kier alpha value is -1.22. The van der Waals surface area contributed by atoms with Gasteiger partial charge in [0.05, 0.1) is 0 Å². The average molecular weight is 279 g/mol. The first kappa shape index (κ1) is 20.1. The first-order chi connectivity index (χ1) is 8.82. The average Bonchev–Trinajstić information content (AvgIpc) is 2.41. The summed E-state index contributed by atoms with van der Waals surface area (Å²) in [7, 11) is 0. The van der Waals surface area contributed by atoms with E-state index < -0.39 is 24.1 Å². The molecule has 2 atom stereocenters. The van der Waals surface area contributed by atoms with E-state index >= 15 is 0 Å². The number of carbonyl (C=O) groups is 2. The number of hydrogen-bond acceptors (Lipinski definition) is 6. The van der Waals surface area contributed by atoms with Crippen LogP contribution in [0, 0.1) is 0 Å². The number of carboxylic acids is 2. The van der Waals surface area contributed by atoms with Crippen molar-refractivity contribution < 1.29 is 24.9 Å². The van der Waals surface area contributed by atoms with Gasteiger partial charge in [-0.15, -0.1) is 0 Å². The van der Waals surface area contributed by atoms with Gasteiger partial charge in [-0.1, -0.05) is 6.92 Å². The highest BCUT2D eigenvalue weighted by Crippen LogP contribution is 1.82. The highest BCUT2D eigenvalue weighted by Gasteiger charge is 2.05. The Bertz CT molecular complexity index is 233. The molecule has 8 nitrogen and oxygen atoms in total. The summed E-state index contributed by atoms with van der Waals surface area (Å²) >= 11 is 0. The zero-order chi connectivity index (χ0) is 15.3. The van der Waals surface area contributed by atoms with Crippen LogP contribution in [0.15, 0.2) is 0 Å². The Morgan fingerprint density at radius 1 is 1.11 bits per heavy atom. The highest BCUT2D eigenvalue weighted by atomic mass is 16.4. The molecule has 7 N–H and O–H groups in total. The van der Waals surface area contributed by atoms with Gasteiger partial charge in [0, 0.05) is 26.2 Å². The van der Waals surface area contributed by atoms with Gasteiger partial charge in [0.25, 0.3) is 0 Å². The number of hydrogen-bond donors (Lipinski definition) is 6. The van der Waals surface area contributed by atoms with E-state index in [1.165, 1.54) is 6.92 Å². The number of piperazine rings is 1. The molecule has 0 aromatic carbocycles. The summed E-state index contributed by atoms with van der Waals surface area (Å²) in [6, 6.07) is -0.681. The van der Waals surface area contributed by atoms with Crippen molar-refractivity contribution in [2.75, 3.05) is 26.2 Å². The van der Waals surface area contributed by atoms with Crippen LogP contribution in [0.5, 0.6) is 0 Å². The predicted molar refractivity (Wildman–Crippen MR) is 71.0 cm³/mol. The first-order valence-corrected chi connectivity index (χ1v) is 6.13. The third-order valence-electron chi connectivity index (χ3n) is 2.07. The summed E-state index contributed by atoms with van der Waals surface area (Å²) in [5, 5.41) is 30.3. The molecule has 1 heterocycles. The van der Waals surface area contributed by atoms with E-state index in [-0.39, 0.29) is 0 Å². The second kappa shape index (κ2) is 13.2. The molecule has 19 heavy (non-hydrogen) atoms. The van der Waals surface area contributed by atoms with Crippen LogP contribution in [0.2, 0.25) is 0 Å². The van der Waals surface area contributed by atoms with Crippen molar-refractivity contribution >= 4 is 11.9 Å². The normalized spacial score (nSPS) is 16.8. The maximum atomic E-state index is 9.81. The molecule has 0 aromatic rings. The van der Waals surface area contributed by atoms with Crippen LogP contribution in [0.25, 0.3) is 0 Å². The van der Waals surface area contributed by atoms with E-state index in [4.69, 9.17) is 21.1 Å². The minimum Gasteiger partial charge on any atom is -0.480 e. The second-order valence-electron chi connectivity index (χ2n) is 3.87. The molecule has 2 unspecified atom stereocenters. The van der Waals surface area contributed by atoms with Crippen molar-refractivity contribution in [3.63, 3.8) is 0 Å². The molecule has 1 rings (SSSR count). The summed E-state index contributed by atoms with van der Waals surface area (Å²) in [6.07, 6.45) is -0.736. The van der Waals surface area contributed by atoms with E-state index in [0.717, 1.165) is 26.2 Å². The minimum absolute atomic E-state index is 0.495. The lowest BCUT2D eigenvalue weighted by molar-refractivity contribution is -0.145. The van der Waals surface area contributed by atoms with Crippen molar-refractivity contribution in [2.45, 2.75) is 32.4 Å². The Morgan fingerprint density at radius 2 is 1.42 bits per heavy atom. The SMILES string of the molecule is C1CNCCN1.CC(O)C(=O)O.CCC(N)C(=O)O. The quantitative estimate of drug-likeness (QED) is 0.364. The standard InChI is InChI=1S/C4H10N2.C4H9NO2.C3H6O3/c1-2-6-4-3-5-1;1-2-3(5)4(6)7;1-2(4)3(5)6/h5-6H,1-4H2;3H,2,5H2,1H3,(H,6,7);2,4H,1H3,(H,5,6). The Morgan fingerprint density at radius 3 is 1.47 bits per heavy atom. The fourth-order valence-corrected chi connectivity index (χ4v) is 0.778. The summed E-state index contributed by atoms with van der Waals surface area (Å²) in [5.74, 6) is -2.11. The van der Waals surface area contributed by atoms with Crippen LogP contribution in [-0.2, 0) is 9.59 Å². The lowest BCUT2D eigenvalue weighted by Gasteiger charge is -2.11. The van der Waals surface area contributed by atoms with Crippen molar-refractivity contribution in [1.29, 1.82) is 0 Å². The smallest absolute Gasteiger partial charge is 0.332 e. The van der Waals surface area contributed by atoms with Crippen molar-refractivity contribution in [3.05, 3.63) is 0 Å². The van der Waals surface area contributed by atoms with E-state index in [0.29, 0.717) is 6.42 Å². The third-order valence-corrected chi connectivity index (χ3v) is 2.07. The molecule has 0 aromatic heterocycles. The molecular weight excluding hydrogens is 254 g/mol. The van der Waals surface area contributed by atoms with Gasteiger partial charge >= 0.3 is 11.9 Å². The van der Waals surface area contributed by atoms with Gasteiger partial charge in [-0.3, -0.25) is 4.79 Å². The summed E-state index contributed by atoms with van der Waals surface area (Å²) in [4.78, 5) is 19.3. The van der Waals surface area contributed by atoms with Crippen molar-refractivity contribution in [1.82, 2.24) is 10.6 Å². The summed E-state index contributed by atoms with van der Waals surface area (Å²) in [6.45, 7) is 7.49. The van der Waals surface area contributed by atoms with Crippen LogP contribution < -0.4 is 16.4 Å². The molecule has 1 saturated heterocycles. The molecule has 0 spiro atoms. The Kier molecular flexibility index (Phi) is 14.0. The third kappa shape index (κ3) is 16.8. The number of nitrogens with one attached hydrogen (secondary N) is 2. The van der Waals surface area contributed by atoms with E-state index in [2.05, 4.69) is 10.6 Å². The molecular formula is C11H25N3O5. The largest absolute Gasteiger partial charge is 0.480 e. The molecule has 0 aliphatic carbocycles. The Labute approximate surface area is 113 Å². The number of nitrogens with two attached hydrogens (primary N) is 1.